The van der Waals surface area contributed by atoms with Crippen molar-refractivity contribution < 1.29 is 18.7 Å². The lowest BCUT2D eigenvalue weighted by molar-refractivity contribution is 0.0309. The zero-order valence-corrected chi connectivity index (χ0v) is 14.0. The highest BCUT2D eigenvalue weighted by atomic mass is 31.1. The first-order valence-electron chi connectivity index (χ1n) is 5.80. The third-order valence-corrected chi connectivity index (χ3v) is 3.60. The van der Waals surface area contributed by atoms with Gasteiger partial charge in [-0.3, -0.25) is 0 Å². The zero-order chi connectivity index (χ0) is 13.8. The van der Waals surface area contributed by atoms with E-state index < -0.39 is 0 Å². The van der Waals surface area contributed by atoms with Crippen molar-refractivity contribution in [3.05, 3.63) is 0 Å². The van der Waals surface area contributed by atoms with Crippen LogP contribution in [0.2, 0.25) is 0 Å². The number of ether oxygens (including phenoxy) is 1. The van der Waals surface area contributed by atoms with E-state index in [1.807, 2.05) is 27.4 Å². The Balaban J connectivity index is -0.0000000171. The van der Waals surface area contributed by atoms with Gasteiger partial charge in [-0.1, -0.05) is 73.3 Å². The van der Waals surface area contributed by atoms with Crippen molar-refractivity contribution in [2.45, 2.75) is 112 Å². The van der Waals surface area contributed by atoms with Crippen LogP contribution >= 0.6 is 17.8 Å². The van der Waals surface area contributed by atoms with E-state index in [2.05, 4.69) is 13.8 Å². The monoisotopic (exact) mass is 414 g/mol. The third-order valence-electron chi connectivity index (χ3n) is 2.51. The van der Waals surface area contributed by atoms with Gasteiger partial charge in [0.15, 0.2) is 9.03 Å². The Kier molecular flexibility index (Phi) is 113. The second-order valence-corrected chi connectivity index (χ2v) is 5.19. The van der Waals surface area contributed by atoms with Crippen LogP contribution in [0.15, 0.2) is 0 Å². The second-order valence-electron chi connectivity index (χ2n) is 4.13. The van der Waals surface area contributed by atoms with Gasteiger partial charge in [0, 0.05) is 15.9 Å². The predicted molar refractivity (Wildman–Crippen MR) is 131 cm³/mol. The van der Waals surface area contributed by atoms with Crippen molar-refractivity contribution in [3.8, 4) is 0 Å². The maximum absolute atomic E-state index is 8.29. The summed E-state index contributed by atoms with van der Waals surface area (Å²) >= 11 is 0. The summed E-state index contributed by atoms with van der Waals surface area (Å²) in [6.45, 7) is 12.1. The van der Waals surface area contributed by atoms with Crippen molar-refractivity contribution in [1.82, 2.24) is 0 Å². The molecule has 0 radical (unpaired) electrons. The van der Waals surface area contributed by atoms with Gasteiger partial charge < -0.3 is 18.7 Å². The molecule has 0 aliphatic heterocycles. The Morgan fingerprint density at radius 2 is 1.00 bits per heavy atom. The number of hydrogen-bond acceptors (Lipinski definition) is 4. The van der Waals surface area contributed by atoms with Crippen molar-refractivity contribution in [1.29, 1.82) is 0 Å². The molecule has 170 valence electrons. The molecule has 5 atom stereocenters. The van der Waals surface area contributed by atoms with E-state index in [1.165, 1.54) is 0 Å². The molecule has 0 saturated heterocycles. The first-order valence-corrected chi connectivity index (χ1v) is 8.06. The molecule has 0 amide bonds. The Labute approximate surface area is 169 Å². The topological polar surface area (TPSA) is 47.9 Å². The van der Waals surface area contributed by atoms with Gasteiger partial charge in [-0.2, -0.15) is 0 Å². The molecular weight excluding hydrogens is 354 g/mol. The van der Waals surface area contributed by atoms with Crippen LogP contribution in [0.1, 0.15) is 94.0 Å². The van der Waals surface area contributed by atoms with Crippen LogP contribution in [0.3, 0.4) is 0 Å². The van der Waals surface area contributed by atoms with E-state index >= 15 is 0 Å². The van der Waals surface area contributed by atoms with Gasteiger partial charge in [0.25, 0.3) is 0 Å². The van der Waals surface area contributed by atoms with E-state index in [1.54, 1.807) is 7.11 Å². The van der Waals surface area contributed by atoms with Crippen LogP contribution in [0.4, 0.5) is 0 Å². The Hall–Kier alpha value is 0.700. The largest absolute Gasteiger partial charge is 0.379 e. The van der Waals surface area contributed by atoms with Gasteiger partial charge in [-0.05, 0) is 33.4 Å². The molecule has 0 aromatic heterocycles. The number of methoxy groups -OCH3 is 1. The van der Waals surface area contributed by atoms with E-state index in [4.69, 9.17) is 18.7 Å². The lowest BCUT2D eigenvalue weighted by atomic mass is 10.1. The Bertz CT molecular complexity index is 162. The van der Waals surface area contributed by atoms with Crippen LogP contribution < -0.4 is 0 Å². The first-order chi connectivity index (χ1) is 7.90. The number of rotatable bonds is 7. The summed E-state index contributed by atoms with van der Waals surface area (Å²) in [7, 11) is 1.88. The van der Waals surface area contributed by atoms with Crippen molar-refractivity contribution in [3.63, 3.8) is 0 Å². The normalized spacial score (nSPS) is 11.9. The molecule has 1 N–H and O–H groups in total. The lowest BCUT2D eigenvalue weighted by Crippen LogP contribution is -2.21. The fourth-order valence-electron chi connectivity index (χ4n) is 0.693. The quantitative estimate of drug-likeness (QED) is 0.426. The average Bonchev–Trinajstić information content (AvgIpc) is 2.29. The molecule has 0 aliphatic carbocycles. The summed E-state index contributed by atoms with van der Waals surface area (Å²) in [5.41, 5.74) is 0. The summed E-state index contributed by atoms with van der Waals surface area (Å²) in [6, 6.07) is 0. The van der Waals surface area contributed by atoms with Crippen LogP contribution in [0.5, 0.6) is 0 Å². The van der Waals surface area contributed by atoms with Gasteiger partial charge in [-0.25, -0.2) is 0 Å². The van der Waals surface area contributed by atoms with Crippen molar-refractivity contribution in [2.24, 2.45) is 5.92 Å². The smallest absolute Gasteiger partial charge is 0.152 e. The third kappa shape index (κ3) is 45.6. The zero-order valence-electron chi connectivity index (χ0n) is 12.0. The molecule has 0 spiro atoms. The van der Waals surface area contributed by atoms with Gasteiger partial charge in [-0.15, -0.1) is 0 Å². The molecule has 0 heterocycles. The molecular formula is C19H60O4P2. The summed E-state index contributed by atoms with van der Waals surface area (Å²) in [6.07, 6.45) is 0.606. The molecule has 0 aromatic carbocycles. The molecule has 25 heavy (non-hydrogen) atoms. The standard InChI is InChI=1S/C6H15O2P.C5H13O2P.8CH4/c1-5(7-3)6(2)8-9-4;1-4(2)5(3)7-8-6;;;;;;;;/h5-6,9H,1-4H3;4-6,8H,1-3H3;8*1H4. The fourth-order valence-corrected chi connectivity index (χ4v) is 1.69. The highest BCUT2D eigenvalue weighted by molar-refractivity contribution is 7.31. The Morgan fingerprint density at radius 1 is 0.640 bits per heavy atom. The minimum atomic E-state index is -0.369. The van der Waals surface area contributed by atoms with Crippen molar-refractivity contribution in [2.75, 3.05) is 13.8 Å². The van der Waals surface area contributed by atoms with Gasteiger partial charge in [0.05, 0.1) is 18.3 Å². The second kappa shape index (κ2) is 44.3. The maximum atomic E-state index is 8.29. The summed E-state index contributed by atoms with van der Waals surface area (Å²) in [5.74, 6) is 0.495. The molecule has 0 saturated carbocycles. The van der Waals surface area contributed by atoms with Crippen LogP contribution in [0.25, 0.3) is 0 Å². The minimum absolute atomic E-state index is 0. The fraction of sp³-hybridized carbons (Fsp3) is 1.00. The minimum Gasteiger partial charge on any atom is -0.379 e. The molecule has 0 fully saturated rings. The van der Waals surface area contributed by atoms with Crippen molar-refractivity contribution >= 4 is 17.8 Å². The molecule has 0 rings (SSSR count). The lowest BCUT2D eigenvalue weighted by Gasteiger charge is -2.17. The summed E-state index contributed by atoms with van der Waals surface area (Å²) in [4.78, 5) is 8.29. The van der Waals surface area contributed by atoms with Crippen LogP contribution in [-0.4, -0.2) is 37.0 Å². The maximum Gasteiger partial charge on any atom is 0.152 e. The molecule has 0 bridgehead atoms. The Morgan fingerprint density at radius 3 is 1.16 bits per heavy atom. The summed E-state index contributed by atoms with van der Waals surface area (Å²) < 4.78 is 15.2. The van der Waals surface area contributed by atoms with E-state index in [-0.39, 0.29) is 86.8 Å². The van der Waals surface area contributed by atoms with Gasteiger partial charge in [0.1, 0.15) is 0 Å². The van der Waals surface area contributed by atoms with Gasteiger partial charge in [0.2, 0.25) is 0 Å². The van der Waals surface area contributed by atoms with E-state index in [0.717, 1.165) is 0 Å². The van der Waals surface area contributed by atoms with Crippen LogP contribution in [0, 0.1) is 5.92 Å². The predicted octanol–water partition coefficient (Wildman–Crippen LogP) is 8.29. The van der Waals surface area contributed by atoms with Crippen LogP contribution in [-0.2, 0) is 13.8 Å². The van der Waals surface area contributed by atoms with Gasteiger partial charge >= 0.3 is 0 Å². The molecule has 0 aliphatic rings. The van der Waals surface area contributed by atoms with E-state index in [9.17, 15) is 0 Å². The molecule has 4 nitrogen and oxygen atoms in total. The number of hydrogen-bond donors (Lipinski definition) is 1. The molecule has 6 heteroatoms. The highest BCUT2D eigenvalue weighted by Crippen LogP contribution is 2.14. The highest BCUT2D eigenvalue weighted by Gasteiger charge is 2.09. The van der Waals surface area contributed by atoms with E-state index in [0.29, 0.717) is 14.7 Å². The average molecular weight is 415 g/mol. The molecule has 0 aromatic rings. The first kappa shape index (κ1) is 63.6. The summed E-state index contributed by atoms with van der Waals surface area (Å²) in [5, 5.41) is 0. The molecule has 5 unspecified atom stereocenters. The SMILES string of the molecule is C.C.C.C.C.C.C.C.CC(C)C(C)OPO.COC(C)C(C)OPC.